The van der Waals surface area contributed by atoms with Gasteiger partial charge >= 0.3 is 10.4 Å². The van der Waals surface area contributed by atoms with Crippen molar-refractivity contribution in [3.05, 3.63) is 86.0 Å². The van der Waals surface area contributed by atoms with E-state index in [0.717, 1.165) is 12.1 Å². The standard InChI is InChI=1S/C15H10Cl2N2O6/c16-15(17,19(23)24)13(10-6-8-12(9-7-10)18(21)22)25-14(20)11-4-2-1-3-5-11/h1-9,13H. The highest BCUT2D eigenvalue weighted by atomic mass is 35.5. The van der Waals surface area contributed by atoms with Gasteiger partial charge in [0.15, 0.2) is 0 Å². The molecule has 130 valence electrons. The van der Waals surface area contributed by atoms with E-state index in [4.69, 9.17) is 27.9 Å². The summed E-state index contributed by atoms with van der Waals surface area (Å²) in [5.74, 6) is -0.878. The van der Waals surface area contributed by atoms with Crippen LogP contribution in [-0.4, -0.2) is 20.3 Å². The average Bonchev–Trinajstić information content (AvgIpc) is 2.60. The van der Waals surface area contributed by atoms with Crippen molar-refractivity contribution in [2.45, 2.75) is 10.6 Å². The van der Waals surface area contributed by atoms with Gasteiger partial charge in [-0.15, -0.1) is 0 Å². The third kappa shape index (κ3) is 4.23. The molecule has 0 heterocycles. The van der Waals surface area contributed by atoms with E-state index in [9.17, 15) is 25.0 Å². The zero-order valence-corrected chi connectivity index (χ0v) is 13.9. The number of nitrogens with zero attached hydrogens (tertiary/aromatic N) is 2. The number of ether oxygens (including phenoxy) is 1. The zero-order chi connectivity index (χ0) is 18.6. The van der Waals surface area contributed by atoms with Crippen LogP contribution in [0.2, 0.25) is 0 Å². The van der Waals surface area contributed by atoms with Crippen molar-refractivity contribution in [2.75, 3.05) is 0 Å². The lowest BCUT2D eigenvalue weighted by Gasteiger charge is -2.23. The number of esters is 1. The Hall–Kier alpha value is -2.71. The second-order valence-electron chi connectivity index (χ2n) is 4.84. The minimum Gasteiger partial charge on any atom is -0.443 e. The first kappa shape index (κ1) is 18.6. The number of benzene rings is 2. The molecule has 10 heteroatoms. The topological polar surface area (TPSA) is 113 Å². The summed E-state index contributed by atoms with van der Waals surface area (Å²) < 4.78 is 2.45. The summed E-state index contributed by atoms with van der Waals surface area (Å²) >= 11 is 11.5. The van der Waals surface area contributed by atoms with Crippen LogP contribution in [-0.2, 0) is 4.74 Å². The quantitative estimate of drug-likeness (QED) is 0.245. The molecule has 25 heavy (non-hydrogen) atoms. The first-order valence-corrected chi connectivity index (χ1v) is 7.51. The molecule has 2 aromatic carbocycles. The van der Waals surface area contributed by atoms with Gasteiger partial charge in [-0.2, -0.15) is 0 Å². The molecule has 8 nitrogen and oxygen atoms in total. The molecule has 0 amide bonds. The van der Waals surface area contributed by atoms with Crippen molar-refractivity contribution in [1.29, 1.82) is 0 Å². The van der Waals surface area contributed by atoms with Crippen LogP contribution < -0.4 is 0 Å². The SMILES string of the molecule is O=C(OC(c1ccc([N+](=O)[O-])cc1)C(Cl)(Cl)[N+](=O)[O-])c1ccccc1. The highest BCUT2D eigenvalue weighted by Crippen LogP contribution is 2.40. The molecule has 0 bridgehead atoms. The number of hydrogen-bond acceptors (Lipinski definition) is 6. The lowest BCUT2D eigenvalue weighted by molar-refractivity contribution is -0.528. The smallest absolute Gasteiger partial charge is 0.411 e. The molecular weight excluding hydrogens is 375 g/mol. The van der Waals surface area contributed by atoms with Crippen LogP contribution in [0.3, 0.4) is 0 Å². The highest BCUT2D eigenvalue weighted by molar-refractivity contribution is 6.47. The summed E-state index contributed by atoms with van der Waals surface area (Å²) in [5, 5.41) is 21.9. The van der Waals surface area contributed by atoms with Crippen LogP contribution in [0.4, 0.5) is 5.69 Å². The number of halogens is 2. The van der Waals surface area contributed by atoms with Gasteiger partial charge in [-0.05, 0) is 47.5 Å². The first-order valence-electron chi connectivity index (χ1n) is 6.76. The minimum absolute atomic E-state index is 0.0385. The number of non-ortho nitro benzene ring substituents is 1. The predicted molar refractivity (Wildman–Crippen MR) is 89.1 cm³/mol. The van der Waals surface area contributed by atoms with Crippen LogP contribution in [0.25, 0.3) is 0 Å². The predicted octanol–water partition coefficient (Wildman–Crippen LogP) is 3.90. The summed E-state index contributed by atoms with van der Waals surface area (Å²) in [6.07, 6.45) is -1.68. The van der Waals surface area contributed by atoms with Crippen LogP contribution in [0.15, 0.2) is 54.6 Å². The van der Waals surface area contributed by atoms with Gasteiger partial charge in [0.1, 0.15) is 0 Å². The molecule has 0 N–H and O–H groups in total. The minimum atomic E-state index is -2.68. The van der Waals surface area contributed by atoms with Crippen molar-refractivity contribution in [3.8, 4) is 0 Å². The van der Waals surface area contributed by atoms with E-state index in [-0.39, 0.29) is 16.8 Å². The Kier molecular flexibility index (Phi) is 5.55. The number of hydrogen-bond donors (Lipinski definition) is 0. The summed E-state index contributed by atoms with van der Waals surface area (Å²) in [6, 6.07) is 12.3. The van der Waals surface area contributed by atoms with Gasteiger partial charge in [0, 0.05) is 17.7 Å². The molecule has 0 aromatic heterocycles. The number of rotatable bonds is 6. The molecule has 0 aliphatic carbocycles. The van der Waals surface area contributed by atoms with E-state index in [1.807, 2.05) is 0 Å². The maximum absolute atomic E-state index is 12.2. The average molecular weight is 385 g/mol. The maximum Gasteiger partial charge on any atom is 0.411 e. The van der Waals surface area contributed by atoms with E-state index in [1.165, 1.54) is 24.3 Å². The molecule has 0 spiro atoms. The lowest BCUT2D eigenvalue weighted by atomic mass is 10.1. The molecule has 2 aromatic rings. The zero-order valence-electron chi connectivity index (χ0n) is 12.4. The van der Waals surface area contributed by atoms with Crippen molar-refractivity contribution in [3.63, 3.8) is 0 Å². The van der Waals surface area contributed by atoms with Crippen LogP contribution in [0.1, 0.15) is 22.0 Å². The van der Waals surface area contributed by atoms with Crippen LogP contribution in [0, 0.1) is 20.2 Å². The van der Waals surface area contributed by atoms with Gasteiger partial charge in [0.05, 0.1) is 15.4 Å². The van der Waals surface area contributed by atoms with E-state index in [2.05, 4.69) is 0 Å². The van der Waals surface area contributed by atoms with Crippen LogP contribution >= 0.6 is 23.2 Å². The number of alkyl halides is 2. The second-order valence-corrected chi connectivity index (χ2v) is 6.19. The lowest BCUT2D eigenvalue weighted by Crippen LogP contribution is -2.35. The molecule has 2 rings (SSSR count). The fourth-order valence-corrected chi connectivity index (χ4v) is 2.30. The fourth-order valence-electron chi connectivity index (χ4n) is 1.96. The molecule has 1 atom stereocenters. The summed E-state index contributed by atoms with van der Waals surface area (Å²) in [5.41, 5.74) is -0.0637. The summed E-state index contributed by atoms with van der Waals surface area (Å²) in [7, 11) is 0. The largest absolute Gasteiger partial charge is 0.443 e. The van der Waals surface area contributed by atoms with Gasteiger partial charge < -0.3 is 4.74 Å². The van der Waals surface area contributed by atoms with E-state index in [1.54, 1.807) is 18.2 Å². The summed E-state index contributed by atoms with van der Waals surface area (Å²) in [4.78, 5) is 32.4. The van der Waals surface area contributed by atoms with Gasteiger partial charge in [-0.3, -0.25) is 20.2 Å². The van der Waals surface area contributed by atoms with Crippen molar-refractivity contribution in [1.82, 2.24) is 0 Å². The maximum atomic E-state index is 12.2. The summed E-state index contributed by atoms with van der Waals surface area (Å²) in [6.45, 7) is 0. The Morgan fingerprint density at radius 1 is 1.00 bits per heavy atom. The first-order chi connectivity index (χ1) is 11.7. The number of carbonyl (C=O) groups excluding carboxylic acids is 1. The van der Waals surface area contributed by atoms with Gasteiger partial charge in [-0.25, -0.2) is 4.79 Å². The molecule has 0 aliphatic rings. The van der Waals surface area contributed by atoms with Crippen molar-refractivity contribution in [2.24, 2.45) is 0 Å². The van der Waals surface area contributed by atoms with Gasteiger partial charge in [0.25, 0.3) is 5.69 Å². The second kappa shape index (κ2) is 7.45. The molecule has 0 saturated carbocycles. The molecule has 0 saturated heterocycles. The Labute approximate surface area is 151 Å². The van der Waals surface area contributed by atoms with E-state index < -0.39 is 26.4 Å². The van der Waals surface area contributed by atoms with Crippen molar-refractivity contribution < 1.29 is 19.4 Å². The van der Waals surface area contributed by atoms with Gasteiger partial charge in [-0.1, -0.05) is 18.2 Å². The van der Waals surface area contributed by atoms with Crippen molar-refractivity contribution >= 4 is 34.9 Å². The third-order valence-electron chi connectivity index (χ3n) is 3.20. The number of nitro benzene ring substituents is 1. The Bertz CT molecular complexity index is 795. The Morgan fingerprint density at radius 3 is 2.04 bits per heavy atom. The van der Waals surface area contributed by atoms with E-state index in [0.29, 0.717) is 0 Å². The number of nitro groups is 2. The van der Waals surface area contributed by atoms with Crippen LogP contribution in [0.5, 0.6) is 0 Å². The van der Waals surface area contributed by atoms with Gasteiger partial charge in [0.2, 0.25) is 6.10 Å². The third-order valence-corrected chi connectivity index (χ3v) is 3.87. The normalized spacial score (nSPS) is 12.2. The Morgan fingerprint density at radius 2 is 1.56 bits per heavy atom. The van der Waals surface area contributed by atoms with E-state index >= 15 is 0 Å². The molecule has 1 unspecified atom stereocenters. The Balaban J connectivity index is 2.38. The fraction of sp³-hybridized carbons (Fsp3) is 0.133. The molecular formula is C15H10Cl2N2O6. The molecule has 0 aliphatic heterocycles. The monoisotopic (exact) mass is 384 g/mol. The number of carbonyl (C=O) groups is 1. The molecule has 0 radical (unpaired) electrons. The molecule has 0 fully saturated rings. The highest BCUT2D eigenvalue weighted by Gasteiger charge is 2.51.